The Kier molecular flexibility index (Phi) is 3.14. The topological polar surface area (TPSA) is 25.4 Å². The number of methoxy groups -OCH3 is 1. The third-order valence-corrected chi connectivity index (χ3v) is 3.95. The number of hydrogen-bond acceptors (Lipinski definition) is 3. The number of alkyl halides is 1. The van der Waals surface area contributed by atoms with E-state index in [0.29, 0.717) is 16.6 Å². The average Bonchev–Trinajstić information content (AvgIpc) is 2.59. The van der Waals surface area contributed by atoms with Crippen molar-refractivity contribution < 1.29 is 4.74 Å². The molecule has 0 aromatic carbocycles. The van der Waals surface area contributed by atoms with Crippen LogP contribution < -0.4 is 9.64 Å². The van der Waals surface area contributed by atoms with Gasteiger partial charge in [0.15, 0.2) is 0 Å². The van der Waals surface area contributed by atoms with Gasteiger partial charge >= 0.3 is 0 Å². The zero-order valence-electron chi connectivity index (χ0n) is 8.98. The fourth-order valence-corrected chi connectivity index (χ4v) is 2.32. The Balaban J connectivity index is 2.16. The van der Waals surface area contributed by atoms with Crippen LogP contribution in [0.15, 0.2) is 18.2 Å². The highest BCUT2D eigenvalue weighted by Crippen LogP contribution is 2.27. The van der Waals surface area contributed by atoms with E-state index in [0.717, 1.165) is 18.9 Å². The lowest BCUT2D eigenvalue weighted by Crippen LogP contribution is -2.20. The second-order valence-corrected chi connectivity index (χ2v) is 5.11. The van der Waals surface area contributed by atoms with Crippen LogP contribution in [0.1, 0.15) is 6.92 Å². The van der Waals surface area contributed by atoms with E-state index in [1.807, 2.05) is 18.2 Å². The molecule has 2 heterocycles. The number of nitrogens with zero attached hydrogens (tertiary/aromatic N) is 2. The van der Waals surface area contributed by atoms with Crippen molar-refractivity contribution in [1.29, 1.82) is 0 Å². The molecule has 3 nitrogen and oxygen atoms in total. The third kappa shape index (κ3) is 2.25. The van der Waals surface area contributed by atoms with Crippen molar-refractivity contribution in [2.45, 2.75) is 11.8 Å². The first-order valence-corrected chi connectivity index (χ1v) is 6.02. The number of rotatable bonds is 2. The fraction of sp³-hybridized carbons (Fsp3) is 0.545. The number of anilines is 1. The van der Waals surface area contributed by atoms with E-state index in [-0.39, 0.29) is 0 Å². The van der Waals surface area contributed by atoms with E-state index in [9.17, 15) is 0 Å². The molecule has 0 amide bonds. The van der Waals surface area contributed by atoms with Crippen LogP contribution in [-0.2, 0) is 0 Å². The zero-order chi connectivity index (χ0) is 10.8. The number of pyridine rings is 1. The molecule has 1 aliphatic heterocycles. The SMILES string of the molecule is COc1cccc(N2CC(C)C(Br)C2)n1. The van der Waals surface area contributed by atoms with Crippen LogP contribution in [-0.4, -0.2) is 30.0 Å². The lowest BCUT2D eigenvalue weighted by molar-refractivity contribution is 0.398. The van der Waals surface area contributed by atoms with Gasteiger partial charge in [-0.05, 0) is 12.0 Å². The van der Waals surface area contributed by atoms with Gasteiger partial charge in [-0.1, -0.05) is 28.9 Å². The summed E-state index contributed by atoms with van der Waals surface area (Å²) in [5.41, 5.74) is 0. The highest BCUT2D eigenvalue weighted by atomic mass is 79.9. The number of halogens is 1. The standard InChI is InChI=1S/C11H15BrN2O/c1-8-6-14(7-9(8)12)10-4-3-5-11(13-10)15-2/h3-5,8-9H,6-7H2,1-2H3. The summed E-state index contributed by atoms with van der Waals surface area (Å²) in [5, 5.41) is 0. The minimum absolute atomic E-state index is 0.561. The molecule has 0 radical (unpaired) electrons. The molecule has 0 N–H and O–H groups in total. The molecule has 1 aliphatic rings. The largest absolute Gasteiger partial charge is 0.481 e. The van der Waals surface area contributed by atoms with Crippen LogP contribution in [0.2, 0.25) is 0 Å². The van der Waals surface area contributed by atoms with E-state index < -0.39 is 0 Å². The van der Waals surface area contributed by atoms with Crippen LogP contribution >= 0.6 is 15.9 Å². The third-order valence-electron chi connectivity index (χ3n) is 2.76. The van der Waals surface area contributed by atoms with E-state index >= 15 is 0 Å². The van der Waals surface area contributed by atoms with Crippen LogP contribution in [0.5, 0.6) is 5.88 Å². The molecule has 2 unspecified atom stereocenters. The Morgan fingerprint density at radius 3 is 2.87 bits per heavy atom. The highest BCUT2D eigenvalue weighted by Gasteiger charge is 2.28. The molecule has 1 aromatic heterocycles. The lowest BCUT2D eigenvalue weighted by Gasteiger charge is -2.17. The van der Waals surface area contributed by atoms with Gasteiger partial charge in [0, 0.05) is 24.0 Å². The summed E-state index contributed by atoms with van der Waals surface area (Å²) in [6.07, 6.45) is 0. The Hall–Kier alpha value is -0.770. The van der Waals surface area contributed by atoms with Gasteiger partial charge in [-0.25, -0.2) is 0 Å². The second kappa shape index (κ2) is 4.39. The van der Waals surface area contributed by atoms with E-state index in [1.165, 1.54) is 0 Å². The summed E-state index contributed by atoms with van der Waals surface area (Å²) >= 11 is 3.68. The fourth-order valence-electron chi connectivity index (χ4n) is 1.81. The Bertz CT molecular complexity index is 335. The molecule has 15 heavy (non-hydrogen) atoms. The molecule has 0 bridgehead atoms. The van der Waals surface area contributed by atoms with E-state index in [4.69, 9.17) is 4.74 Å². The van der Waals surface area contributed by atoms with Crippen LogP contribution in [0, 0.1) is 5.92 Å². The van der Waals surface area contributed by atoms with Gasteiger partial charge in [-0.15, -0.1) is 0 Å². The monoisotopic (exact) mass is 270 g/mol. The van der Waals surface area contributed by atoms with Crippen LogP contribution in [0.3, 0.4) is 0 Å². The molecule has 4 heteroatoms. The minimum atomic E-state index is 0.561. The van der Waals surface area contributed by atoms with Crippen LogP contribution in [0.25, 0.3) is 0 Å². The molecule has 1 aromatic rings. The van der Waals surface area contributed by atoms with Crippen molar-refractivity contribution >= 4 is 21.7 Å². The molecule has 82 valence electrons. The van der Waals surface area contributed by atoms with Gasteiger partial charge in [-0.3, -0.25) is 0 Å². The van der Waals surface area contributed by atoms with Crippen molar-refractivity contribution in [1.82, 2.24) is 4.98 Å². The Morgan fingerprint density at radius 1 is 1.47 bits per heavy atom. The maximum absolute atomic E-state index is 5.12. The zero-order valence-corrected chi connectivity index (χ0v) is 10.6. The highest BCUT2D eigenvalue weighted by molar-refractivity contribution is 9.09. The van der Waals surface area contributed by atoms with Crippen molar-refractivity contribution in [2.75, 3.05) is 25.1 Å². The smallest absolute Gasteiger partial charge is 0.214 e. The first-order valence-electron chi connectivity index (χ1n) is 5.11. The summed E-state index contributed by atoms with van der Waals surface area (Å²) in [7, 11) is 1.64. The maximum Gasteiger partial charge on any atom is 0.214 e. The van der Waals surface area contributed by atoms with Crippen molar-refractivity contribution in [3.05, 3.63) is 18.2 Å². The van der Waals surface area contributed by atoms with Crippen molar-refractivity contribution in [3.63, 3.8) is 0 Å². The number of hydrogen-bond donors (Lipinski definition) is 0. The molecule has 2 atom stereocenters. The second-order valence-electron chi connectivity index (χ2n) is 3.94. The van der Waals surface area contributed by atoms with E-state index in [1.54, 1.807) is 7.11 Å². The number of ether oxygens (including phenoxy) is 1. The van der Waals surface area contributed by atoms with Gasteiger partial charge in [0.25, 0.3) is 0 Å². The van der Waals surface area contributed by atoms with Gasteiger partial charge in [0.2, 0.25) is 5.88 Å². The lowest BCUT2D eigenvalue weighted by atomic mass is 10.2. The Labute approximate surface area is 98.6 Å². The summed E-state index contributed by atoms with van der Waals surface area (Å²) in [4.78, 5) is 7.27. The summed E-state index contributed by atoms with van der Waals surface area (Å²) in [6, 6.07) is 5.88. The predicted molar refractivity (Wildman–Crippen MR) is 64.9 cm³/mol. The van der Waals surface area contributed by atoms with Crippen molar-refractivity contribution in [3.8, 4) is 5.88 Å². The first-order chi connectivity index (χ1) is 7.20. The number of aromatic nitrogens is 1. The predicted octanol–water partition coefficient (Wildman–Crippen LogP) is 2.31. The first kappa shape index (κ1) is 10.7. The summed E-state index contributed by atoms with van der Waals surface area (Å²) in [5.74, 6) is 2.35. The molecule has 0 aliphatic carbocycles. The van der Waals surface area contributed by atoms with E-state index in [2.05, 4.69) is 32.7 Å². The molecule has 1 fully saturated rings. The normalized spacial score (nSPS) is 25.7. The summed E-state index contributed by atoms with van der Waals surface area (Å²) < 4.78 is 5.12. The van der Waals surface area contributed by atoms with Gasteiger partial charge in [0.1, 0.15) is 5.82 Å². The molecule has 1 saturated heterocycles. The maximum atomic E-state index is 5.12. The van der Waals surface area contributed by atoms with Gasteiger partial charge in [0.05, 0.1) is 7.11 Å². The summed E-state index contributed by atoms with van der Waals surface area (Å²) in [6.45, 7) is 4.32. The average molecular weight is 271 g/mol. The van der Waals surface area contributed by atoms with Crippen LogP contribution in [0.4, 0.5) is 5.82 Å². The molecule has 0 saturated carbocycles. The minimum Gasteiger partial charge on any atom is -0.481 e. The molecule has 0 spiro atoms. The van der Waals surface area contributed by atoms with Gasteiger partial charge in [-0.2, -0.15) is 4.98 Å². The molecular formula is C11H15BrN2O. The Morgan fingerprint density at radius 2 is 2.27 bits per heavy atom. The van der Waals surface area contributed by atoms with Crippen molar-refractivity contribution in [2.24, 2.45) is 5.92 Å². The molecular weight excluding hydrogens is 256 g/mol. The molecule has 2 rings (SSSR count). The quantitative estimate of drug-likeness (QED) is 0.772. The van der Waals surface area contributed by atoms with Gasteiger partial charge < -0.3 is 9.64 Å².